The molecule has 0 saturated carbocycles. The van der Waals surface area contributed by atoms with E-state index in [1.165, 1.54) is 0 Å². The van der Waals surface area contributed by atoms with Gasteiger partial charge in [-0.3, -0.25) is 4.79 Å². The highest BCUT2D eigenvalue weighted by molar-refractivity contribution is 9.10. The molecule has 1 aliphatic heterocycles. The maximum Gasteiger partial charge on any atom is 0.253 e. The van der Waals surface area contributed by atoms with E-state index in [4.69, 9.17) is 4.74 Å². The monoisotopic (exact) mass is 284 g/mol. The fourth-order valence-electron chi connectivity index (χ4n) is 1.62. The molecule has 0 aliphatic carbocycles. The zero-order valence-corrected chi connectivity index (χ0v) is 10.4. The van der Waals surface area contributed by atoms with Crippen molar-refractivity contribution in [3.8, 4) is 0 Å². The van der Waals surface area contributed by atoms with Crippen molar-refractivity contribution < 1.29 is 9.53 Å². The molecule has 0 aromatic carbocycles. The van der Waals surface area contributed by atoms with Crippen LogP contribution in [0.2, 0.25) is 0 Å². The maximum atomic E-state index is 11.8. The summed E-state index contributed by atoms with van der Waals surface area (Å²) in [5.41, 5.74) is 0.697. The van der Waals surface area contributed by atoms with Crippen LogP contribution >= 0.6 is 15.9 Å². The van der Waals surface area contributed by atoms with E-state index in [1.54, 1.807) is 18.3 Å². The van der Waals surface area contributed by atoms with Crippen LogP contribution in [0.5, 0.6) is 0 Å². The number of ether oxygens (including phenoxy) is 1. The number of carbonyl (C=O) groups excluding carboxylic acids is 1. The molecule has 5 heteroatoms. The van der Waals surface area contributed by atoms with Gasteiger partial charge in [-0.15, -0.1) is 0 Å². The van der Waals surface area contributed by atoms with Crippen LogP contribution in [0, 0.1) is 0 Å². The fraction of sp³-hybridized carbons (Fsp3) is 0.455. The molecule has 1 saturated heterocycles. The lowest BCUT2D eigenvalue weighted by atomic mass is 10.1. The van der Waals surface area contributed by atoms with Gasteiger partial charge in [0.2, 0.25) is 0 Å². The molecule has 1 aromatic rings. The summed E-state index contributed by atoms with van der Waals surface area (Å²) >= 11 is 3.24. The summed E-state index contributed by atoms with van der Waals surface area (Å²) in [4.78, 5) is 15.8. The lowest BCUT2D eigenvalue weighted by Crippen LogP contribution is -2.33. The average molecular weight is 285 g/mol. The second-order valence-corrected chi connectivity index (χ2v) is 4.53. The summed E-state index contributed by atoms with van der Waals surface area (Å²) in [6.07, 6.45) is 4.21. The lowest BCUT2D eigenvalue weighted by Gasteiger charge is -2.21. The maximum absolute atomic E-state index is 11.8. The van der Waals surface area contributed by atoms with E-state index in [0.717, 1.165) is 23.9 Å². The highest BCUT2D eigenvalue weighted by Gasteiger charge is 2.21. The van der Waals surface area contributed by atoms with Gasteiger partial charge in [0, 0.05) is 6.61 Å². The minimum absolute atomic E-state index is 0.0798. The minimum Gasteiger partial charge on any atom is -0.368 e. The van der Waals surface area contributed by atoms with Gasteiger partial charge in [0.05, 0.1) is 11.9 Å². The van der Waals surface area contributed by atoms with Gasteiger partial charge in [-0.05, 0) is 47.3 Å². The van der Waals surface area contributed by atoms with Crippen LogP contribution < -0.4 is 5.32 Å². The quantitative estimate of drug-likeness (QED) is 0.849. The number of rotatable bonds is 2. The van der Waals surface area contributed by atoms with Crippen LogP contribution in [-0.4, -0.2) is 23.6 Å². The van der Waals surface area contributed by atoms with Gasteiger partial charge < -0.3 is 10.1 Å². The van der Waals surface area contributed by atoms with Gasteiger partial charge in [0.25, 0.3) is 5.91 Å². The first-order valence-electron chi connectivity index (χ1n) is 5.30. The number of halogens is 1. The molecule has 1 N–H and O–H groups in total. The average Bonchev–Trinajstić information content (AvgIpc) is 2.33. The number of carbonyl (C=O) groups is 1. The first-order valence-corrected chi connectivity index (χ1v) is 6.09. The van der Waals surface area contributed by atoms with Crippen molar-refractivity contribution in [3.63, 3.8) is 0 Å². The van der Waals surface area contributed by atoms with Crippen LogP contribution in [-0.2, 0) is 9.53 Å². The molecule has 1 unspecified atom stereocenters. The molecular formula is C11H13BrN2O2. The highest BCUT2D eigenvalue weighted by atomic mass is 79.9. The zero-order valence-electron chi connectivity index (χ0n) is 8.78. The van der Waals surface area contributed by atoms with Crippen molar-refractivity contribution >= 4 is 27.5 Å². The predicted octanol–water partition coefficient (Wildman–Crippen LogP) is 2.35. The molecule has 1 aromatic heterocycles. The second kappa shape index (κ2) is 5.41. The molecule has 1 fully saturated rings. The highest BCUT2D eigenvalue weighted by Crippen LogP contribution is 2.16. The third-order valence-corrected chi connectivity index (χ3v) is 2.94. The van der Waals surface area contributed by atoms with E-state index in [-0.39, 0.29) is 12.0 Å². The third-order valence-electron chi connectivity index (χ3n) is 2.47. The van der Waals surface area contributed by atoms with Crippen LogP contribution in [0.1, 0.15) is 19.3 Å². The van der Waals surface area contributed by atoms with Gasteiger partial charge >= 0.3 is 0 Å². The van der Waals surface area contributed by atoms with Crippen molar-refractivity contribution in [1.82, 2.24) is 4.98 Å². The third kappa shape index (κ3) is 3.02. The van der Waals surface area contributed by atoms with Gasteiger partial charge in [-0.25, -0.2) is 4.98 Å². The Kier molecular flexibility index (Phi) is 3.90. The van der Waals surface area contributed by atoms with Crippen LogP contribution in [0.3, 0.4) is 0 Å². The number of hydrogen-bond donors (Lipinski definition) is 1. The molecule has 0 radical (unpaired) electrons. The number of pyridine rings is 1. The van der Waals surface area contributed by atoms with E-state index >= 15 is 0 Å². The number of anilines is 1. The molecule has 16 heavy (non-hydrogen) atoms. The molecule has 1 amide bonds. The van der Waals surface area contributed by atoms with Crippen LogP contribution in [0.4, 0.5) is 5.69 Å². The van der Waals surface area contributed by atoms with Crippen molar-refractivity contribution in [2.24, 2.45) is 0 Å². The Morgan fingerprint density at radius 1 is 1.50 bits per heavy atom. The van der Waals surface area contributed by atoms with Gasteiger partial charge in [-0.1, -0.05) is 0 Å². The van der Waals surface area contributed by atoms with Crippen molar-refractivity contribution in [3.05, 3.63) is 22.9 Å². The van der Waals surface area contributed by atoms with E-state index in [9.17, 15) is 4.79 Å². The first-order chi connectivity index (χ1) is 7.75. The Labute approximate surface area is 103 Å². The molecule has 4 nitrogen and oxygen atoms in total. The lowest BCUT2D eigenvalue weighted by molar-refractivity contribution is -0.129. The predicted molar refractivity (Wildman–Crippen MR) is 64.2 cm³/mol. The zero-order chi connectivity index (χ0) is 11.4. The van der Waals surface area contributed by atoms with Crippen molar-refractivity contribution in [2.45, 2.75) is 25.4 Å². The molecule has 2 heterocycles. The summed E-state index contributed by atoms with van der Waals surface area (Å²) in [6.45, 7) is 0.677. The van der Waals surface area contributed by atoms with Crippen molar-refractivity contribution in [1.29, 1.82) is 0 Å². The Morgan fingerprint density at radius 3 is 3.00 bits per heavy atom. The van der Waals surface area contributed by atoms with Gasteiger partial charge in [-0.2, -0.15) is 0 Å². The molecule has 0 bridgehead atoms. The SMILES string of the molecule is O=C(Nc1ccc(Br)nc1)C1CCCCO1. The largest absolute Gasteiger partial charge is 0.368 e. The van der Waals surface area contributed by atoms with E-state index in [1.807, 2.05) is 0 Å². The number of nitrogens with zero attached hydrogens (tertiary/aromatic N) is 1. The number of aromatic nitrogens is 1. The van der Waals surface area contributed by atoms with Crippen molar-refractivity contribution in [2.75, 3.05) is 11.9 Å². The molecule has 1 atom stereocenters. The van der Waals surface area contributed by atoms with E-state index < -0.39 is 0 Å². The van der Waals surface area contributed by atoms with Gasteiger partial charge in [0.1, 0.15) is 10.7 Å². The number of amides is 1. The minimum atomic E-state index is -0.308. The molecule has 86 valence electrons. The number of nitrogens with one attached hydrogen (secondary N) is 1. The fourth-order valence-corrected chi connectivity index (χ4v) is 1.85. The summed E-state index contributed by atoms with van der Waals surface area (Å²) < 4.78 is 6.14. The normalized spacial score (nSPS) is 20.4. The summed E-state index contributed by atoms with van der Waals surface area (Å²) in [5.74, 6) is -0.0798. The second-order valence-electron chi connectivity index (χ2n) is 3.71. The van der Waals surface area contributed by atoms with Gasteiger partial charge in [0.15, 0.2) is 0 Å². The standard InChI is InChI=1S/C11H13BrN2O2/c12-10-5-4-8(7-13-10)14-11(15)9-3-1-2-6-16-9/h4-5,7,9H,1-3,6H2,(H,14,15). The molecule has 1 aliphatic rings. The summed E-state index contributed by atoms with van der Waals surface area (Å²) in [6, 6.07) is 3.59. The summed E-state index contributed by atoms with van der Waals surface area (Å²) in [5, 5.41) is 2.79. The Balaban J connectivity index is 1.93. The smallest absolute Gasteiger partial charge is 0.253 e. The van der Waals surface area contributed by atoms with E-state index in [2.05, 4.69) is 26.2 Å². The molecule has 0 spiro atoms. The first kappa shape index (κ1) is 11.5. The molecule has 2 rings (SSSR count). The Hall–Kier alpha value is -0.940. The van der Waals surface area contributed by atoms with E-state index in [0.29, 0.717) is 12.3 Å². The van der Waals surface area contributed by atoms with Crippen LogP contribution in [0.15, 0.2) is 22.9 Å². The molecular weight excluding hydrogens is 272 g/mol. The topological polar surface area (TPSA) is 51.2 Å². The number of hydrogen-bond acceptors (Lipinski definition) is 3. The van der Waals surface area contributed by atoms with Crippen LogP contribution in [0.25, 0.3) is 0 Å². The Bertz CT molecular complexity index is 361. The Morgan fingerprint density at radius 2 is 2.38 bits per heavy atom. The summed E-state index contributed by atoms with van der Waals surface area (Å²) in [7, 11) is 0.